The molecule has 0 saturated heterocycles. The Labute approximate surface area is 351 Å². The third-order valence-electron chi connectivity index (χ3n) is 10.7. The number of urea groups is 2. The van der Waals surface area contributed by atoms with Crippen LogP contribution in [0.3, 0.4) is 0 Å². The fraction of sp³-hybridized carbons (Fsp3) is 0.217. The maximum absolute atomic E-state index is 13.2. The third kappa shape index (κ3) is 9.54. The molecule has 16 heteroatoms. The number of benzene rings is 4. The molecule has 0 radical (unpaired) electrons. The summed E-state index contributed by atoms with van der Waals surface area (Å²) in [6.45, 7) is 4.61. The normalized spacial score (nSPS) is 18.4. The van der Waals surface area contributed by atoms with E-state index in [1.165, 1.54) is 72.8 Å². The average Bonchev–Trinajstić information content (AvgIpc) is 3.25. The van der Waals surface area contributed by atoms with Gasteiger partial charge in [0.15, 0.2) is 0 Å². The van der Waals surface area contributed by atoms with Crippen molar-refractivity contribution in [2.45, 2.75) is 50.1 Å². The number of hydrogen-bond acceptors (Lipinski definition) is 4. The van der Waals surface area contributed by atoms with Crippen molar-refractivity contribution < 1.29 is 44.7 Å². The van der Waals surface area contributed by atoms with Gasteiger partial charge >= 0.3 is 24.4 Å². The number of pyridine rings is 2. The van der Waals surface area contributed by atoms with Crippen LogP contribution < -0.4 is 10.6 Å². The number of rotatable bonds is 4. The lowest BCUT2D eigenvalue weighted by molar-refractivity contribution is -0.138. The molecule has 0 aliphatic carbocycles. The van der Waals surface area contributed by atoms with E-state index in [1.807, 2.05) is 26.0 Å². The third-order valence-corrected chi connectivity index (χ3v) is 10.7. The van der Waals surface area contributed by atoms with Crippen molar-refractivity contribution in [2.24, 2.45) is 0 Å². The van der Waals surface area contributed by atoms with Crippen LogP contribution in [0.2, 0.25) is 0 Å². The summed E-state index contributed by atoms with van der Waals surface area (Å²) in [6.07, 6.45) is -5.70. The predicted octanol–water partition coefficient (Wildman–Crippen LogP) is 12.0. The largest absolute Gasteiger partial charge is 0.416 e. The summed E-state index contributed by atoms with van der Waals surface area (Å²) in [5.41, 5.74) is 3.48. The van der Waals surface area contributed by atoms with Crippen LogP contribution in [0.15, 0.2) is 134 Å². The minimum Gasteiger partial charge on any atom is -0.311 e. The highest BCUT2D eigenvalue weighted by molar-refractivity contribution is 5.91. The predicted molar refractivity (Wildman–Crippen MR) is 216 cm³/mol. The molecule has 320 valence electrons. The monoisotopic (exact) mass is 858 g/mol. The van der Waals surface area contributed by atoms with Gasteiger partial charge in [0, 0.05) is 48.7 Å². The number of fused-ring (bicyclic) bond motifs is 2. The van der Waals surface area contributed by atoms with E-state index in [0.717, 1.165) is 35.4 Å². The molecule has 2 aliphatic rings. The summed E-state index contributed by atoms with van der Waals surface area (Å²) >= 11 is 0. The van der Waals surface area contributed by atoms with Gasteiger partial charge in [0.2, 0.25) is 0 Å². The lowest BCUT2D eigenvalue weighted by atomic mass is 9.86. The number of aromatic nitrogens is 2. The first-order valence-corrected chi connectivity index (χ1v) is 19.4. The van der Waals surface area contributed by atoms with Crippen molar-refractivity contribution in [1.82, 2.24) is 19.8 Å². The fourth-order valence-corrected chi connectivity index (χ4v) is 7.68. The first-order valence-electron chi connectivity index (χ1n) is 19.4. The van der Waals surface area contributed by atoms with Gasteiger partial charge in [-0.3, -0.25) is 9.97 Å². The Kier molecular flexibility index (Phi) is 12.3. The highest BCUT2D eigenvalue weighted by Crippen LogP contribution is 2.42. The van der Waals surface area contributed by atoms with E-state index < -0.39 is 59.3 Å². The number of anilines is 2. The molecule has 0 saturated carbocycles. The molecule has 4 heterocycles. The van der Waals surface area contributed by atoms with Crippen molar-refractivity contribution in [3.63, 3.8) is 0 Å². The summed E-state index contributed by atoms with van der Waals surface area (Å²) in [5.74, 6) is -0.891. The number of nitrogens with zero attached hydrogens (tertiary/aromatic N) is 4. The van der Waals surface area contributed by atoms with Crippen LogP contribution in [-0.2, 0) is 12.4 Å². The summed E-state index contributed by atoms with van der Waals surface area (Å²) in [7, 11) is 0. The second-order valence-electron chi connectivity index (χ2n) is 15.0. The smallest absolute Gasteiger partial charge is 0.311 e. The van der Waals surface area contributed by atoms with Crippen LogP contribution in [0.25, 0.3) is 0 Å². The van der Waals surface area contributed by atoms with E-state index >= 15 is 0 Å². The van der Waals surface area contributed by atoms with Crippen LogP contribution in [0, 0.1) is 11.6 Å². The quantitative estimate of drug-likeness (QED) is 0.173. The summed E-state index contributed by atoms with van der Waals surface area (Å²) in [4.78, 5) is 38.3. The molecule has 2 aliphatic heterocycles. The van der Waals surface area contributed by atoms with E-state index in [0.29, 0.717) is 47.0 Å². The summed E-state index contributed by atoms with van der Waals surface area (Å²) < 4.78 is 104. The lowest BCUT2D eigenvalue weighted by Gasteiger charge is -2.39. The molecule has 4 atom stereocenters. The molecular weight excluding hydrogens is 821 g/mol. The van der Waals surface area contributed by atoms with E-state index in [4.69, 9.17) is 0 Å². The van der Waals surface area contributed by atoms with Gasteiger partial charge in [0.05, 0.1) is 22.5 Å². The summed E-state index contributed by atoms with van der Waals surface area (Å²) in [5, 5.41) is 5.48. The van der Waals surface area contributed by atoms with Crippen molar-refractivity contribution in [3.05, 3.63) is 190 Å². The molecule has 2 aromatic heterocycles. The number of carbonyl (C=O) groups is 2. The topological polar surface area (TPSA) is 90.5 Å². The second kappa shape index (κ2) is 17.6. The molecule has 2 N–H and O–H groups in total. The van der Waals surface area contributed by atoms with Crippen LogP contribution >= 0.6 is 0 Å². The first-order chi connectivity index (χ1) is 29.5. The standard InChI is InChI=1S/2C23H19F4N3O/c2*1-14-13-30(22(31)29-18-10-8-17(24)9-11-18)21(20-19(14)3-2-12-28-20)15-4-6-16(7-5-15)23(25,26)27/h2*2-12,14,21H,13H2,1H3,(H,29,31)/t2*14-,21-/m10/s1. The molecule has 8 rings (SSSR count). The lowest BCUT2D eigenvalue weighted by Crippen LogP contribution is -2.44. The molecule has 6 aromatic rings. The molecule has 4 aromatic carbocycles. The number of halogens is 8. The van der Waals surface area contributed by atoms with Crippen LogP contribution in [0.4, 0.5) is 56.1 Å². The molecule has 0 fully saturated rings. The van der Waals surface area contributed by atoms with Gasteiger partial charge in [-0.1, -0.05) is 50.2 Å². The van der Waals surface area contributed by atoms with Crippen molar-refractivity contribution in [1.29, 1.82) is 0 Å². The van der Waals surface area contributed by atoms with E-state index in [-0.39, 0.29) is 11.8 Å². The minimum absolute atomic E-state index is 0.0200. The number of carbonyl (C=O) groups excluding carboxylic acids is 2. The maximum atomic E-state index is 13.2. The zero-order valence-corrected chi connectivity index (χ0v) is 33.1. The first kappa shape index (κ1) is 43.3. The zero-order chi connectivity index (χ0) is 44.3. The van der Waals surface area contributed by atoms with Crippen molar-refractivity contribution >= 4 is 23.4 Å². The molecular formula is C46H38F8N6O2. The van der Waals surface area contributed by atoms with Crippen molar-refractivity contribution in [2.75, 3.05) is 23.7 Å². The Hall–Kier alpha value is -6.84. The summed E-state index contributed by atoms with van der Waals surface area (Å²) in [6, 6.07) is 25.5. The minimum atomic E-state index is -4.45. The van der Waals surface area contributed by atoms with Gasteiger partial charge in [0.25, 0.3) is 0 Å². The van der Waals surface area contributed by atoms with E-state index in [1.54, 1.807) is 34.3 Å². The van der Waals surface area contributed by atoms with Gasteiger partial charge in [-0.05, 0) is 107 Å². The Morgan fingerprint density at radius 1 is 0.532 bits per heavy atom. The molecule has 62 heavy (non-hydrogen) atoms. The maximum Gasteiger partial charge on any atom is 0.416 e. The van der Waals surface area contributed by atoms with Gasteiger partial charge in [-0.25, -0.2) is 18.4 Å². The Morgan fingerprint density at radius 3 is 1.19 bits per heavy atom. The number of hydrogen-bond donors (Lipinski definition) is 2. The molecule has 8 nitrogen and oxygen atoms in total. The number of alkyl halides is 6. The molecule has 4 amide bonds. The average molecular weight is 859 g/mol. The van der Waals surface area contributed by atoms with Gasteiger partial charge in [-0.15, -0.1) is 0 Å². The van der Waals surface area contributed by atoms with Gasteiger partial charge in [0.1, 0.15) is 23.7 Å². The highest BCUT2D eigenvalue weighted by Gasteiger charge is 2.39. The molecule has 0 bridgehead atoms. The van der Waals surface area contributed by atoms with Gasteiger partial charge in [-0.2, -0.15) is 26.3 Å². The van der Waals surface area contributed by atoms with E-state index in [9.17, 15) is 44.7 Å². The number of amides is 4. The zero-order valence-electron chi connectivity index (χ0n) is 33.1. The fourth-order valence-electron chi connectivity index (χ4n) is 7.68. The SMILES string of the molecule is C[C@@H]1CN(C(=O)Nc2ccc(F)cc2)[C@H](c2ccc(C(F)(F)F)cc2)c2ncccc21.C[C@H]1CN(C(=O)Nc2ccc(F)cc2)[C@@H](c2ccc(C(F)(F)F)cc2)c2ncccc21. The second-order valence-corrected chi connectivity index (χ2v) is 15.0. The van der Waals surface area contributed by atoms with Gasteiger partial charge < -0.3 is 20.4 Å². The van der Waals surface area contributed by atoms with Crippen LogP contribution in [-0.4, -0.2) is 44.9 Å². The Balaban J connectivity index is 0.000000186. The van der Waals surface area contributed by atoms with E-state index in [2.05, 4.69) is 20.6 Å². The molecule has 0 spiro atoms. The Bertz CT molecular complexity index is 2340. The van der Waals surface area contributed by atoms with Crippen LogP contribution in [0.1, 0.15) is 82.5 Å². The number of nitrogens with one attached hydrogen (secondary N) is 2. The van der Waals surface area contributed by atoms with Crippen LogP contribution in [0.5, 0.6) is 0 Å². The van der Waals surface area contributed by atoms with Crippen molar-refractivity contribution in [3.8, 4) is 0 Å². The Morgan fingerprint density at radius 2 is 0.871 bits per heavy atom. The molecule has 0 unspecified atom stereocenters. The highest BCUT2D eigenvalue weighted by atomic mass is 19.4.